The van der Waals surface area contributed by atoms with Gasteiger partial charge in [0, 0.05) is 18.1 Å². The molecular formula is C28H26N2O6S. The van der Waals surface area contributed by atoms with Crippen molar-refractivity contribution in [1.82, 2.24) is 0 Å². The molecule has 2 aliphatic rings. The van der Waals surface area contributed by atoms with Gasteiger partial charge in [-0.3, -0.25) is 19.2 Å². The second-order valence-electron chi connectivity index (χ2n) is 9.37. The Morgan fingerprint density at radius 1 is 1.08 bits per heavy atom. The van der Waals surface area contributed by atoms with Crippen molar-refractivity contribution in [3.63, 3.8) is 0 Å². The Bertz CT molecular complexity index is 1510. The highest BCUT2D eigenvalue weighted by Gasteiger charge is 2.56. The van der Waals surface area contributed by atoms with Gasteiger partial charge in [0.05, 0.1) is 28.7 Å². The van der Waals surface area contributed by atoms with Crippen LogP contribution in [-0.2, 0) is 19.6 Å². The van der Waals surface area contributed by atoms with Crippen LogP contribution in [0.2, 0.25) is 0 Å². The molecule has 37 heavy (non-hydrogen) atoms. The molecule has 0 fully saturated rings. The maximum Gasteiger partial charge on any atom is 0.318 e. The molecule has 0 bridgehead atoms. The van der Waals surface area contributed by atoms with E-state index in [1.165, 1.54) is 16.4 Å². The predicted octanol–water partition coefficient (Wildman–Crippen LogP) is 5.23. The molecule has 3 aromatic carbocycles. The lowest BCUT2D eigenvalue weighted by Gasteiger charge is -2.43. The second-order valence-corrected chi connectivity index (χ2v) is 11.2. The van der Waals surface area contributed by atoms with Crippen LogP contribution in [0.5, 0.6) is 0 Å². The number of hydrogen-bond acceptors (Lipinski definition) is 6. The monoisotopic (exact) mass is 518 g/mol. The summed E-state index contributed by atoms with van der Waals surface area (Å²) in [6.07, 6.45) is 2.27. The van der Waals surface area contributed by atoms with Crippen LogP contribution in [0.25, 0.3) is 5.57 Å². The van der Waals surface area contributed by atoms with Crippen LogP contribution >= 0.6 is 0 Å². The number of sulfonamides is 1. The Kier molecular flexibility index (Phi) is 6.11. The van der Waals surface area contributed by atoms with Crippen LogP contribution in [-0.4, -0.2) is 32.5 Å². The number of fused-ring (bicyclic) bond motifs is 3. The van der Waals surface area contributed by atoms with Crippen LogP contribution in [0.15, 0.2) is 83.8 Å². The minimum absolute atomic E-state index is 0.0272. The van der Waals surface area contributed by atoms with Gasteiger partial charge in [0.1, 0.15) is 5.41 Å². The second kappa shape index (κ2) is 9.15. The van der Waals surface area contributed by atoms with Crippen molar-refractivity contribution in [3.8, 4) is 0 Å². The molecule has 3 aromatic rings. The van der Waals surface area contributed by atoms with E-state index in [4.69, 9.17) is 4.74 Å². The molecule has 0 spiro atoms. The maximum absolute atomic E-state index is 13.9. The van der Waals surface area contributed by atoms with Crippen LogP contribution < -0.4 is 4.31 Å². The number of carbonyl (C=O) groups excluding carboxylic acids is 1. The van der Waals surface area contributed by atoms with Gasteiger partial charge in [-0.1, -0.05) is 42.0 Å². The molecular weight excluding hydrogens is 492 g/mol. The number of ether oxygens (including phenoxy) is 1. The normalized spacial score (nSPS) is 20.5. The first-order valence-corrected chi connectivity index (χ1v) is 13.4. The highest BCUT2D eigenvalue weighted by atomic mass is 32.2. The highest BCUT2D eigenvalue weighted by Crippen LogP contribution is 2.57. The van der Waals surface area contributed by atoms with Gasteiger partial charge in [0.25, 0.3) is 15.7 Å². The number of nitro groups is 1. The molecule has 5 rings (SSSR count). The lowest BCUT2D eigenvalue weighted by molar-refractivity contribution is -0.384. The largest absolute Gasteiger partial charge is 0.465 e. The predicted molar refractivity (Wildman–Crippen MR) is 140 cm³/mol. The molecule has 2 atom stereocenters. The molecule has 0 amide bonds. The third-order valence-electron chi connectivity index (χ3n) is 7.18. The van der Waals surface area contributed by atoms with E-state index < -0.39 is 26.3 Å². The van der Waals surface area contributed by atoms with E-state index in [9.17, 15) is 23.3 Å². The quantitative estimate of drug-likeness (QED) is 0.251. The molecule has 0 radical (unpaired) electrons. The van der Waals surface area contributed by atoms with E-state index in [2.05, 4.69) is 0 Å². The van der Waals surface area contributed by atoms with E-state index in [0.717, 1.165) is 22.3 Å². The molecule has 0 unspecified atom stereocenters. The zero-order valence-electron chi connectivity index (χ0n) is 20.5. The number of esters is 1. The first kappa shape index (κ1) is 24.7. The van der Waals surface area contributed by atoms with Crippen molar-refractivity contribution < 1.29 is 22.9 Å². The van der Waals surface area contributed by atoms with Gasteiger partial charge in [-0.15, -0.1) is 0 Å². The summed E-state index contributed by atoms with van der Waals surface area (Å²) in [7, 11) is -3.99. The number of carbonyl (C=O) groups is 1. The minimum Gasteiger partial charge on any atom is -0.465 e. The molecule has 190 valence electrons. The minimum atomic E-state index is -3.99. The van der Waals surface area contributed by atoms with Crippen molar-refractivity contribution >= 4 is 32.9 Å². The summed E-state index contributed by atoms with van der Waals surface area (Å²) in [5, 5.41) is 11.1. The van der Waals surface area contributed by atoms with Crippen LogP contribution in [0, 0.1) is 22.5 Å². The van der Waals surface area contributed by atoms with Crippen molar-refractivity contribution in [1.29, 1.82) is 0 Å². The fourth-order valence-corrected chi connectivity index (χ4v) is 6.87. The average molecular weight is 519 g/mol. The third-order valence-corrected chi connectivity index (χ3v) is 8.95. The van der Waals surface area contributed by atoms with Crippen molar-refractivity contribution in [2.45, 2.75) is 31.1 Å². The van der Waals surface area contributed by atoms with E-state index in [1.54, 1.807) is 55.5 Å². The molecule has 0 saturated carbocycles. The van der Waals surface area contributed by atoms with E-state index in [1.807, 2.05) is 25.1 Å². The Morgan fingerprint density at radius 2 is 1.76 bits per heavy atom. The summed E-state index contributed by atoms with van der Waals surface area (Å²) in [6, 6.07) is 20.1. The average Bonchev–Trinajstić information content (AvgIpc) is 3.30. The lowest BCUT2D eigenvalue weighted by Crippen LogP contribution is -2.51. The van der Waals surface area contributed by atoms with Gasteiger partial charge in [0.2, 0.25) is 0 Å². The van der Waals surface area contributed by atoms with Gasteiger partial charge in [-0.05, 0) is 67.3 Å². The zero-order valence-corrected chi connectivity index (χ0v) is 21.3. The van der Waals surface area contributed by atoms with E-state index >= 15 is 0 Å². The molecule has 1 aliphatic carbocycles. The van der Waals surface area contributed by atoms with Crippen LogP contribution in [0.4, 0.5) is 11.4 Å². The summed E-state index contributed by atoms with van der Waals surface area (Å²) < 4.78 is 34.7. The summed E-state index contributed by atoms with van der Waals surface area (Å²) in [4.78, 5) is 24.4. The van der Waals surface area contributed by atoms with E-state index in [-0.39, 0.29) is 29.7 Å². The molecule has 0 saturated heterocycles. The number of hydrogen-bond donors (Lipinski definition) is 0. The number of anilines is 1. The van der Waals surface area contributed by atoms with Crippen LogP contribution in [0.3, 0.4) is 0 Å². The fourth-order valence-electron chi connectivity index (χ4n) is 5.33. The first-order valence-electron chi connectivity index (χ1n) is 12.0. The summed E-state index contributed by atoms with van der Waals surface area (Å²) in [6.45, 7) is 3.65. The summed E-state index contributed by atoms with van der Waals surface area (Å²) in [5.41, 5.74) is 2.50. The van der Waals surface area contributed by atoms with Crippen molar-refractivity contribution in [2.24, 2.45) is 5.41 Å². The van der Waals surface area contributed by atoms with Crippen molar-refractivity contribution in [2.75, 3.05) is 17.5 Å². The van der Waals surface area contributed by atoms with Crippen LogP contribution in [0.1, 0.15) is 36.0 Å². The topological polar surface area (TPSA) is 107 Å². The number of nitro benzene ring substituents is 1. The van der Waals surface area contributed by atoms with Crippen molar-refractivity contribution in [3.05, 3.63) is 106 Å². The Hall–Kier alpha value is -3.98. The highest BCUT2D eigenvalue weighted by molar-refractivity contribution is 7.92. The van der Waals surface area contributed by atoms with Gasteiger partial charge in [0.15, 0.2) is 0 Å². The standard InChI is InChI=1S/C28H26N2O6S/c1-3-36-27(31)28-17-21(20-10-12-22(13-11-20)30(32)33)16-25(28)24-6-4-5-7-26(24)29(18-28)37(34,35)23-14-8-19(2)9-15-23/h4-15,17,25H,3,16,18H2,1-2H3/t25-,28+/m0/s1. The first-order chi connectivity index (χ1) is 17.7. The number of benzene rings is 3. The number of para-hydroxylation sites is 1. The van der Waals surface area contributed by atoms with Gasteiger partial charge < -0.3 is 4.74 Å². The van der Waals surface area contributed by atoms with Gasteiger partial charge in [-0.25, -0.2) is 8.42 Å². The smallest absolute Gasteiger partial charge is 0.318 e. The molecule has 1 aliphatic heterocycles. The van der Waals surface area contributed by atoms with E-state index in [0.29, 0.717) is 12.1 Å². The SMILES string of the molecule is CCOC(=O)[C@@]12C=C(c3ccc([N+](=O)[O-])cc3)C[C@H]1c1ccccc1N(S(=O)(=O)c1ccc(C)cc1)C2. The molecule has 0 aromatic heterocycles. The van der Waals surface area contributed by atoms with Gasteiger partial charge >= 0.3 is 5.97 Å². The zero-order chi connectivity index (χ0) is 26.4. The number of aryl methyl sites for hydroxylation is 1. The Balaban J connectivity index is 1.67. The number of nitrogens with zero attached hydrogens (tertiary/aromatic N) is 2. The molecule has 1 heterocycles. The molecule has 8 nitrogen and oxygen atoms in total. The number of rotatable bonds is 6. The maximum atomic E-state index is 13.9. The summed E-state index contributed by atoms with van der Waals surface area (Å²) in [5.74, 6) is -0.840. The Labute approximate surface area is 215 Å². The number of non-ortho nitro benzene ring substituents is 1. The Morgan fingerprint density at radius 3 is 2.41 bits per heavy atom. The lowest BCUT2D eigenvalue weighted by atomic mass is 9.71. The molecule has 0 N–H and O–H groups in total. The molecule has 9 heteroatoms. The third kappa shape index (κ3) is 4.09. The fraction of sp³-hybridized carbons (Fsp3) is 0.250. The summed E-state index contributed by atoms with van der Waals surface area (Å²) >= 11 is 0. The number of allylic oxidation sites excluding steroid dienone is 1. The van der Waals surface area contributed by atoms with Gasteiger partial charge in [-0.2, -0.15) is 0 Å².